The van der Waals surface area contributed by atoms with Gasteiger partial charge in [0.05, 0.1) is 6.04 Å². The van der Waals surface area contributed by atoms with Crippen molar-refractivity contribution in [3.05, 3.63) is 35.9 Å². The Morgan fingerprint density at radius 1 is 1.37 bits per heavy atom. The second-order valence-electron chi connectivity index (χ2n) is 4.99. The van der Waals surface area contributed by atoms with Crippen molar-refractivity contribution in [3.63, 3.8) is 0 Å². The molecule has 1 heterocycles. The lowest BCUT2D eigenvalue weighted by atomic mass is 10.0. The van der Waals surface area contributed by atoms with E-state index >= 15 is 0 Å². The minimum absolute atomic E-state index is 0.0227. The van der Waals surface area contributed by atoms with Crippen molar-refractivity contribution in [2.75, 3.05) is 6.61 Å². The minimum Gasteiger partial charge on any atom is -0.468 e. The monoisotopic (exact) mass is 261 g/mol. The molecule has 0 N–H and O–H groups in total. The van der Waals surface area contributed by atoms with Crippen LogP contribution in [-0.4, -0.2) is 30.6 Å². The lowest BCUT2D eigenvalue weighted by molar-refractivity contribution is -0.143. The number of carbonyl (C=O) groups is 1. The van der Waals surface area contributed by atoms with Crippen LogP contribution in [0.5, 0.6) is 0 Å². The van der Waals surface area contributed by atoms with Crippen molar-refractivity contribution in [1.29, 1.82) is 0 Å². The highest BCUT2D eigenvalue weighted by Gasteiger charge is 2.34. The van der Waals surface area contributed by atoms with Crippen LogP contribution in [0.3, 0.4) is 0 Å². The molecule has 0 aromatic heterocycles. The summed E-state index contributed by atoms with van der Waals surface area (Å²) >= 11 is 0. The summed E-state index contributed by atoms with van der Waals surface area (Å²) in [7, 11) is 0. The zero-order valence-electron chi connectivity index (χ0n) is 11.5. The number of carbonyl (C=O) groups excluding carboxylic acids is 1. The highest BCUT2D eigenvalue weighted by Crippen LogP contribution is 2.24. The fourth-order valence-corrected chi connectivity index (χ4v) is 2.10. The zero-order valence-corrected chi connectivity index (χ0v) is 11.5. The van der Waals surface area contributed by atoms with Gasteiger partial charge in [-0.15, -0.1) is 0 Å². The molecule has 0 saturated carbocycles. The van der Waals surface area contributed by atoms with Gasteiger partial charge in [0.2, 0.25) is 5.90 Å². The highest BCUT2D eigenvalue weighted by atomic mass is 16.6. The van der Waals surface area contributed by atoms with Crippen molar-refractivity contribution in [3.8, 4) is 0 Å². The Kier molecular flexibility index (Phi) is 4.20. The number of ether oxygens (including phenoxy) is 2. The molecule has 4 heteroatoms. The molecule has 0 fully saturated rings. The molecule has 0 bridgehead atoms. The highest BCUT2D eigenvalue weighted by molar-refractivity contribution is 5.95. The van der Waals surface area contributed by atoms with E-state index in [0.29, 0.717) is 11.8 Å². The predicted molar refractivity (Wildman–Crippen MR) is 73.1 cm³/mol. The maximum absolute atomic E-state index is 10.9. The van der Waals surface area contributed by atoms with E-state index in [4.69, 9.17) is 9.47 Å². The van der Waals surface area contributed by atoms with E-state index in [1.807, 2.05) is 30.3 Å². The summed E-state index contributed by atoms with van der Waals surface area (Å²) in [6.07, 6.45) is -0.195. The van der Waals surface area contributed by atoms with E-state index in [1.54, 1.807) is 0 Å². The van der Waals surface area contributed by atoms with Crippen LogP contribution < -0.4 is 0 Å². The normalized spacial score (nSPS) is 22.0. The van der Waals surface area contributed by atoms with Gasteiger partial charge >= 0.3 is 5.97 Å². The van der Waals surface area contributed by atoms with Gasteiger partial charge < -0.3 is 9.47 Å². The third kappa shape index (κ3) is 3.34. The molecule has 1 aromatic rings. The molecular formula is C15H19NO3. The van der Waals surface area contributed by atoms with Crippen LogP contribution in [-0.2, 0) is 14.3 Å². The number of nitrogens with zero attached hydrogens (tertiary/aromatic N) is 1. The summed E-state index contributed by atoms with van der Waals surface area (Å²) in [4.78, 5) is 15.5. The standard InChI is InChI=1S/C15H19NO3/c1-10(2)14-13(9-18-11(3)17)19-15(16-14)12-7-5-4-6-8-12/h4-8,10,13-14H,9H2,1-3H3/t13-,14-/m0/s1. The number of hydrogen-bond acceptors (Lipinski definition) is 4. The molecule has 0 radical (unpaired) electrons. The molecular weight excluding hydrogens is 242 g/mol. The van der Waals surface area contributed by atoms with Gasteiger partial charge in [0.15, 0.2) is 6.10 Å². The van der Waals surface area contributed by atoms with Crippen LogP contribution in [0.2, 0.25) is 0 Å². The van der Waals surface area contributed by atoms with Crippen LogP contribution in [0.1, 0.15) is 26.3 Å². The predicted octanol–water partition coefficient (Wildman–Crippen LogP) is 2.42. The SMILES string of the molecule is CC(=O)OC[C@@H]1OC(c2ccccc2)=N[C@H]1C(C)C. The minimum atomic E-state index is -0.292. The fourth-order valence-electron chi connectivity index (χ4n) is 2.10. The van der Waals surface area contributed by atoms with Crippen molar-refractivity contribution < 1.29 is 14.3 Å². The fraction of sp³-hybridized carbons (Fsp3) is 0.467. The Hall–Kier alpha value is -1.84. The number of aliphatic imine (C=N–C) groups is 1. The molecule has 0 spiro atoms. The van der Waals surface area contributed by atoms with E-state index in [1.165, 1.54) is 6.92 Å². The summed E-state index contributed by atoms with van der Waals surface area (Å²) in [5.41, 5.74) is 0.957. The molecule has 102 valence electrons. The first-order valence-electron chi connectivity index (χ1n) is 6.51. The van der Waals surface area contributed by atoms with Gasteiger partial charge in [-0.05, 0) is 18.1 Å². The third-order valence-electron chi connectivity index (χ3n) is 3.06. The maximum atomic E-state index is 10.9. The van der Waals surface area contributed by atoms with Crippen LogP contribution in [0.15, 0.2) is 35.3 Å². The molecule has 0 amide bonds. The van der Waals surface area contributed by atoms with Gasteiger partial charge in [0.25, 0.3) is 0 Å². The number of rotatable bonds is 4. The van der Waals surface area contributed by atoms with Crippen LogP contribution in [0.4, 0.5) is 0 Å². The summed E-state index contributed by atoms with van der Waals surface area (Å²) in [6, 6.07) is 9.80. The molecule has 2 atom stereocenters. The first kappa shape index (κ1) is 13.6. The summed E-state index contributed by atoms with van der Waals surface area (Å²) in [5, 5.41) is 0. The van der Waals surface area contributed by atoms with E-state index in [0.717, 1.165) is 5.56 Å². The molecule has 2 rings (SSSR count). The van der Waals surface area contributed by atoms with E-state index in [9.17, 15) is 4.79 Å². The summed E-state index contributed by atoms with van der Waals surface area (Å²) < 4.78 is 10.9. The third-order valence-corrected chi connectivity index (χ3v) is 3.06. The van der Waals surface area contributed by atoms with E-state index in [2.05, 4.69) is 18.8 Å². The largest absolute Gasteiger partial charge is 0.468 e. The van der Waals surface area contributed by atoms with Crippen LogP contribution in [0, 0.1) is 5.92 Å². The lowest BCUT2D eigenvalue weighted by Crippen LogP contribution is -2.32. The van der Waals surface area contributed by atoms with Crippen molar-refractivity contribution in [2.45, 2.75) is 32.9 Å². The van der Waals surface area contributed by atoms with E-state index in [-0.39, 0.29) is 24.7 Å². The molecule has 1 aliphatic heterocycles. The maximum Gasteiger partial charge on any atom is 0.302 e. The van der Waals surface area contributed by atoms with Gasteiger partial charge in [0.1, 0.15) is 6.61 Å². The smallest absolute Gasteiger partial charge is 0.302 e. The average Bonchev–Trinajstić information content (AvgIpc) is 2.81. The number of esters is 1. The van der Waals surface area contributed by atoms with Crippen molar-refractivity contribution >= 4 is 11.9 Å². The van der Waals surface area contributed by atoms with Crippen molar-refractivity contribution in [1.82, 2.24) is 0 Å². The van der Waals surface area contributed by atoms with Crippen molar-refractivity contribution in [2.24, 2.45) is 10.9 Å². The first-order chi connectivity index (χ1) is 9.08. The Bertz CT molecular complexity index is 468. The molecule has 4 nitrogen and oxygen atoms in total. The number of hydrogen-bond donors (Lipinski definition) is 0. The second-order valence-corrected chi connectivity index (χ2v) is 4.99. The summed E-state index contributed by atoms with van der Waals surface area (Å²) in [6.45, 7) is 5.83. The Balaban J connectivity index is 2.11. The van der Waals surface area contributed by atoms with Gasteiger partial charge in [0, 0.05) is 12.5 Å². The molecule has 1 aliphatic rings. The Morgan fingerprint density at radius 2 is 2.05 bits per heavy atom. The quantitative estimate of drug-likeness (QED) is 0.782. The first-order valence-corrected chi connectivity index (χ1v) is 6.51. The average molecular weight is 261 g/mol. The molecule has 0 aliphatic carbocycles. The van der Waals surface area contributed by atoms with Crippen LogP contribution >= 0.6 is 0 Å². The zero-order chi connectivity index (χ0) is 13.8. The van der Waals surface area contributed by atoms with E-state index < -0.39 is 0 Å². The summed E-state index contributed by atoms with van der Waals surface area (Å²) in [5.74, 6) is 0.678. The molecule has 19 heavy (non-hydrogen) atoms. The Labute approximate surface area is 113 Å². The molecule has 0 saturated heterocycles. The van der Waals surface area contributed by atoms with Gasteiger partial charge in [-0.2, -0.15) is 0 Å². The Morgan fingerprint density at radius 3 is 2.63 bits per heavy atom. The lowest BCUT2D eigenvalue weighted by Gasteiger charge is -2.19. The topological polar surface area (TPSA) is 47.9 Å². The molecule has 0 unspecified atom stereocenters. The molecule has 1 aromatic carbocycles. The van der Waals surface area contributed by atoms with Gasteiger partial charge in [-0.25, -0.2) is 4.99 Å². The van der Waals surface area contributed by atoms with Crippen LogP contribution in [0.25, 0.3) is 0 Å². The number of benzene rings is 1. The van der Waals surface area contributed by atoms with Gasteiger partial charge in [-0.1, -0.05) is 32.0 Å². The second kappa shape index (κ2) is 5.87. The van der Waals surface area contributed by atoms with Gasteiger partial charge in [-0.3, -0.25) is 4.79 Å².